The molecule has 1 aliphatic rings. The van der Waals surface area contributed by atoms with Crippen molar-refractivity contribution in [3.05, 3.63) is 44.7 Å². The number of thiophene rings is 1. The molecule has 0 spiro atoms. The van der Waals surface area contributed by atoms with Crippen LogP contribution in [0.25, 0.3) is 0 Å². The molecule has 0 saturated carbocycles. The average molecular weight is 454 g/mol. The number of amides is 1. The number of carbonyl (C=O) groups is 1. The van der Waals surface area contributed by atoms with Crippen LogP contribution in [0.15, 0.2) is 33.9 Å². The van der Waals surface area contributed by atoms with Crippen molar-refractivity contribution in [1.29, 1.82) is 0 Å². The SMILES string of the molecule is O=C(Nc1cc(Cl)c(Cl)cc1Cl)[C@H]1CCCN(S(=O)(=O)c2cccs2)C1. The Bertz CT molecular complexity index is 917. The van der Waals surface area contributed by atoms with Crippen LogP contribution >= 0.6 is 46.1 Å². The molecule has 1 saturated heterocycles. The molecule has 1 amide bonds. The fraction of sp³-hybridized carbons (Fsp3) is 0.312. The minimum Gasteiger partial charge on any atom is -0.324 e. The molecule has 3 rings (SSSR count). The molecule has 1 N–H and O–H groups in total. The maximum Gasteiger partial charge on any atom is 0.252 e. The number of rotatable bonds is 4. The number of nitrogens with zero attached hydrogens (tertiary/aromatic N) is 1. The predicted molar refractivity (Wildman–Crippen MR) is 106 cm³/mol. The molecule has 1 aromatic heterocycles. The van der Waals surface area contributed by atoms with Crippen molar-refractivity contribution in [1.82, 2.24) is 4.31 Å². The molecule has 2 aromatic rings. The summed E-state index contributed by atoms with van der Waals surface area (Å²) in [6.07, 6.45) is 1.21. The van der Waals surface area contributed by atoms with Crippen LogP contribution in [0.1, 0.15) is 12.8 Å². The predicted octanol–water partition coefficient (Wildman–Crippen LogP) is 4.75. The van der Waals surface area contributed by atoms with Crippen LogP contribution in [0, 0.1) is 5.92 Å². The minimum atomic E-state index is -3.57. The highest BCUT2D eigenvalue weighted by molar-refractivity contribution is 7.91. The van der Waals surface area contributed by atoms with E-state index in [2.05, 4.69) is 5.32 Å². The molecule has 0 unspecified atom stereocenters. The van der Waals surface area contributed by atoms with Crippen molar-refractivity contribution in [2.24, 2.45) is 5.92 Å². The monoisotopic (exact) mass is 452 g/mol. The first-order valence-corrected chi connectivity index (χ1v) is 11.2. The number of hydrogen-bond acceptors (Lipinski definition) is 4. The minimum absolute atomic E-state index is 0.130. The van der Waals surface area contributed by atoms with Gasteiger partial charge in [0, 0.05) is 13.1 Å². The quantitative estimate of drug-likeness (QED) is 0.679. The van der Waals surface area contributed by atoms with Crippen molar-refractivity contribution < 1.29 is 13.2 Å². The van der Waals surface area contributed by atoms with Gasteiger partial charge in [-0.2, -0.15) is 4.31 Å². The third-order valence-corrected chi connectivity index (χ3v) is 8.39. The maximum absolute atomic E-state index is 12.7. The molecular formula is C16H15Cl3N2O3S2. The summed E-state index contributed by atoms with van der Waals surface area (Å²) >= 11 is 19.1. The summed E-state index contributed by atoms with van der Waals surface area (Å²) in [5.41, 5.74) is 0.351. The summed E-state index contributed by atoms with van der Waals surface area (Å²) in [6.45, 7) is 0.530. The van der Waals surface area contributed by atoms with Gasteiger partial charge in [-0.05, 0) is 36.4 Å². The normalized spacial score (nSPS) is 18.7. The van der Waals surface area contributed by atoms with Gasteiger partial charge in [-0.15, -0.1) is 11.3 Å². The molecule has 26 heavy (non-hydrogen) atoms. The average Bonchev–Trinajstić information content (AvgIpc) is 3.15. The lowest BCUT2D eigenvalue weighted by Gasteiger charge is -2.30. The highest BCUT2D eigenvalue weighted by Gasteiger charge is 2.34. The Morgan fingerprint density at radius 1 is 1.19 bits per heavy atom. The van der Waals surface area contributed by atoms with E-state index >= 15 is 0 Å². The highest BCUT2D eigenvalue weighted by atomic mass is 35.5. The van der Waals surface area contributed by atoms with Crippen LogP contribution in [0.5, 0.6) is 0 Å². The lowest BCUT2D eigenvalue weighted by Crippen LogP contribution is -2.43. The molecule has 0 radical (unpaired) electrons. The molecular weight excluding hydrogens is 439 g/mol. The van der Waals surface area contributed by atoms with E-state index in [0.29, 0.717) is 30.1 Å². The fourth-order valence-corrected chi connectivity index (χ4v) is 6.03. The third kappa shape index (κ3) is 4.18. The Kier molecular flexibility index (Phi) is 6.16. The van der Waals surface area contributed by atoms with E-state index in [0.717, 1.165) is 0 Å². The van der Waals surface area contributed by atoms with Crippen molar-refractivity contribution in [2.75, 3.05) is 18.4 Å². The summed E-state index contributed by atoms with van der Waals surface area (Å²) in [4.78, 5) is 12.6. The number of sulfonamides is 1. The number of nitrogens with one attached hydrogen (secondary N) is 1. The van der Waals surface area contributed by atoms with Gasteiger partial charge in [0.15, 0.2) is 0 Å². The molecule has 10 heteroatoms. The second-order valence-electron chi connectivity index (χ2n) is 5.87. The zero-order chi connectivity index (χ0) is 18.9. The van der Waals surface area contributed by atoms with E-state index in [9.17, 15) is 13.2 Å². The molecule has 5 nitrogen and oxygen atoms in total. The van der Waals surface area contributed by atoms with E-state index in [-0.39, 0.29) is 26.7 Å². The first kappa shape index (κ1) is 19.9. The standard InChI is InChI=1S/C16H15Cl3N2O3S2/c17-11-7-13(19)14(8-12(11)18)20-16(22)10-3-1-5-21(9-10)26(23,24)15-4-2-6-25-15/h2,4,6-8,10H,1,3,5,9H2,(H,20,22)/t10-/m0/s1. The van der Waals surface area contributed by atoms with Crippen LogP contribution in [0.2, 0.25) is 15.1 Å². The van der Waals surface area contributed by atoms with Crippen LogP contribution in [0.3, 0.4) is 0 Å². The van der Waals surface area contributed by atoms with E-state index in [1.807, 2.05) is 0 Å². The van der Waals surface area contributed by atoms with Gasteiger partial charge in [-0.1, -0.05) is 40.9 Å². The fourth-order valence-electron chi connectivity index (χ4n) is 2.77. The van der Waals surface area contributed by atoms with E-state index < -0.39 is 15.9 Å². The smallest absolute Gasteiger partial charge is 0.252 e. The van der Waals surface area contributed by atoms with E-state index in [1.54, 1.807) is 17.5 Å². The third-order valence-electron chi connectivity index (χ3n) is 4.11. The summed E-state index contributed by atoms with van der Waals surface area (Å²) in [5, 5.41) is 5.27. The molecule has 1 aromatic carbocycles. The van der Waals surface area contributed by atoms with E-state index in [4.69, 9.17) is 34.8 Å². The second kappa shape index (κ2) is 8.04. The molecule has 1 aliphatic heterocycles. The molecule has 1 fully saturated rings. The van der Waals surface area contributed by atoms with Crippen LogP contribution in [0.4, 0.5) is 5.69 Å². The summed E-state index contributed by atoms with van der Waals surface area (Å²) in [6, 6.07) is 6.19. The molecule has 0 bridgehead atoms. The van der Waals surface area contributed by atoms with Gasteiger partial charge >= 0.3 is 0 Å². The topological polar surface area (TPSA) is 66.5 Å². The Hall–Kier alpha value is -0.830. The zero-order valence-corrected chi connectivity index (χ0v) is 17.3. The highest BCUT2D eigenvalue weighted by Crippen LogP contribution is 2.33. The van der Waals surface area contributed by atoms with Crippen molar-refractivity contribution >= 4 is 67.8 Å². The Balaban J connectivity index is 1.74. The van der Waals surface area contributed by atoms with Crippen molar-refractivity contribution in [2.45, 2.75) is 17.1 Å². The van der Waals surface area contributed by atoms with Gasteiger partial charge < -0.3 is 5.32 Å². The van der Waals surface area contributed by atoms with Crippen molar-refractivity contribution in [3.8, 4) is 0 Å². The largest absolute Gasteiger partial charge is 0.324 e. The lowest BCUT2D eigenvalue weighted by molar-refractivity contribution is -0.120. The number of halogens is 3. The number of piperidine rings is 1. The van der Waals surface area contributed by atoms with Crippen molar-refractivity contribution in [3.63, 3.8) is 0 Å². The van der Waals surface area contributed by atoms with Gasteiger partial charge in [-0.3, -0.25) is 4.79 Å². The lowest BCUT2D eigenvalue weighted by atomic mass is 9.98. The van der Waals surface area contributed by atoms with Gasteiger partial charge in [0.2, 0.25) is 5.91 Å². The molecule has 140 valence electrons. The number of hydrogen-bond donors (Lipinski definition) is 1. The molecule has 1 atom stereocenters. The maximum atomic E-state index is 12.7. The van der Waals surface area contributed by atoms with Gasteiger partial charge in [0.1, 0.15) is 4.21 Å². The number of anilines is 1. The summed E-state index contributed by atoms with van der Waals surface area (Å²) in [7, 11) is -3.57. The first-order valence-electron chi connectivity index (χ1n) is 7.78. The number of benzene rings is 1. The van der Waals surface area contributed by atoms with Crippen LogP contribution in [-0.2, 0) is 14.8 Å². The van der Waals surface area contributed by atoms with Crippen LogP contribution in [-0.4, -0.2) is 31.7 Å². The molecule has 2 heterocycles. The van der Waals surface area contributed by atoms with E-state index in [1.165, 1.54) is 27.8 Å². The summed E-state index contributed by atoms with van der Waals surface area (Å²) < 4.78 is 27.0. The van der Waals surface area contributed by atoms with Gasteiger partial charge in [0.05, 0.1) is 26.7 Å². The van der Waals surface area contributed by atoms with Gasteiger partial charge in [0.25, 0.3) is 10.0 Å². The number of carbonyl (C=O) groups excluding carboxylic acids is 1. The zero-order valence-electron chi connectivity index (χ0n) is 13.4. The summed E-state index contributed by atoms with van der Waals surface area (Å²) in [5.74, 6) is -0.764. The molecule has 0 aliphatic carbocycles. The first-order chi connectivity index (χ1) is 12.3. The Morgan fingerprint density at radius 3 is 2.62 bits per heavy atom. The Labute approximate surface area is 170 Å². The Morgan fingerprint density at radius 2 is 1.92 bits per heavy atom. The van der Waals surface area contributed by atoms with Gasteiger partial charge in [-0.25, -0.2) is 8.42 Å². The van der Waals surface area contributed by atoms with Crippen LogP contribution < -0.4 is 5.32 Å². The second-order valence-corrected chi connectivity index (χ2v) is 10.2.